The number of nitriles is 4. The average Bonchev–Trinajstić information content (AvgIpc) is 4.04. The third-order valence-corrected chi connectivity index (χ3v) is 12.8. The van der Waals surface area contributed by atoms with Crippen molar-refractivity contribution in [3.05, 3.63) is 167 Å². The molecule has 350 valence electrons. The molecule has 0 spiro atoms. The number of ether oxygens (including phenoxy) is 6. The maximum Gasteiger partial charge on any atom is 0.367 e. The molecule has 7 aromatic rings. The Kier molecular flexibility index (Phi) is 13.4. The first-order valence-electron chi connectivity index (χ1n) is 21.3. The number of carbonyl (C=O) groups is 4. The molecule has 4 heterocycles. The molecular weight excluding hydrogens is 961 g/mol. The summed E-state index contributed by atoms with van der Waals surface area (Å²) in [5.74, 6) is -5.95. The van der Waals surface area contributed by atoms with Crippen molar-refractivity contribution in [2.24, 2.45) is 9.98 Å². The van der Waals surface area contributed by atoms with E-state index in [2.05, 4.69) is 20.0 Å². The SMILES string of the molecule is N#CC(C#N)=Nc1nc2c(s1)-c1cc3c(cc1C(C(=O)OCc1ccccc1)(C(=O)OCc1ccccc1)O2)-c1sc(N=C(C#N)C#N)nc1OC3(C(=O)OCc1ccccc1)C(=O)OCc1ccccc1. The van der Waals surface area contributed by atoms with Crippen molar-refractivity contribution in [1.29, 1.82) is 21.0 Å². The van der Waals surface area contributed by atoms with Gasteiger partial charge in [0.25, 0.3) is 0 Å². The fraction of sp³-hybridized carbons (Fsp3) is 0.115. The molecule has 5 aromatic carbocycles. The maximum absolute atomic E-state index is 15.1. The Balaban J connectivity index is 1.32. The van der Waals surface area contributed by atoms with Crippen molar-refractivity contribution < 1.29 is 47.6 Å². The predicted molar refractivity (Wildman–Crippen MR) is 255 cm³/mol. The highest BCUT2D eigenvalue weighted by Crippen LogP contribution is 2.57. The van der Waals surface area contributed by atoms with E-state index in [0.717, 1.165) is 22.7 Å². The van der Waals surface area contributed by atoms with Gasteiger partial charge in [-0.05, 0) is 34.4 Å². The van der Waals surface area contributed by atoms with Crippen LogP contribution < -0.4 is 9.47 Å². The van der Waals surface area contributed by atoms with Crippen LogP contribution in [0, 0.1) is 45.3 Å². The summed E-state index contributed by atoms with van der Waals surface area (Å²) in [7, 11) is 0. The topological polar surface area (TPSA) is 269 Å². The maximum atomic E-state index is 15.1. The lowest BCUT2D eigenvalue weighted by Crippen LogP contribution is -2.54. The molecule has 18 nitrogen and oxygen atoms in total. The number of esters is 4. The Morgan fingerprint density at radius 2 is 0.750 bits per heavy atom. The fourth-order valence-electron chi connectivity index (χ4n) is 7.54. The number of aromatic nitrogens is 2. The minimum Gasteiger partial charge on any atom is -0.457 e. The molecule has 20 heteroatoms. The molecule has 72 heavy (non-hydrogen) atoms. The fourth-order valence-corrected chi connectivity index (χ4v) is 9.34. The Morgan fingerprint density at radius 3 is 1.01 bits per heavy atom. The molecule has 0 bridgehead atoms. The van der Waals surface area contributed by atoms with E-state index in [1.54, 1.807) is 146 Å². The Labute approximate surface area is 416 Å². The minimum absolute atomic E-state index is 0.0430. The molecule has 0 saturated heterocycles. The number of nitrogens with zero attached hydrogens (tertiary/aromatic N) is 8. The zero-order chi connectivity index (χ0) is 50.2. The van der Waals surface area contributed by atoms with Crippen LogP contribution in [-0.2, 0) is 75.8 Å². The Morgan fingerprint density at radius 1 is 0.472 bits per heavy atom. The molecule has 0 N–H and O–H groups in total. The monoisotopic (exact) mass is 990 g/mol. The lowest BCUT2D eigenvalue weighted by molar-refractivity contribution is -0.185. The number of thiazole rings is 2. The van der Waals surface area contributed by atoms with Crippen molar-refractivity contribution in [1.82, 2.24) is 9.97 Å². The van der Waals surface area contributed by atoms with Gasteiger partial charge in [0, 0.05) is 22.3 Å². The second-order valence-electron chi connectivity index (χ2n) is 15.4. The van der Waals surface area contributed by atoms with Crippen LogP contribution in [0.15, 0.2) is 143 Å². The molecule has 2 aliphatic rings. The highest BCUT2D eigenvalue weighted by molar-refractivity contribution is 7.19. The zero-order valence-corrected chi connectivity index (χ0v) is 38.6. The van der Waals surface area contributed by atoms with Crippen LogP contribution in [0.3, 0.4) is 0 Å². The lowest BCUT2D eigenvalue weighted by atomic mass is 9.79. The molecule has 0 unspecified atom stereocenters. The van der Waals surface area contributed by atoms with E-state index >= 15 is 19.2 Å². The van der Waals surface area contributed by atoms with E-state index in [-0.39, 0.29) is 68.7 Å². The molecule has 0 fully saturated rings. The minimum atomic E-state index is -2.90. The number of hydrogen-bond donors (Lipinski definition) is 0. The third-order valence-electron chi connectivity index (χ3n) is 10.9. The number of fused-ring (bicyclic) bond motifs is 6. The van der Waals surface area contributed by atoms with Crippen molar-refractivity contribution >= 4 is 68.2 Å². The van der Waals surface area contributed by atoms with Gasteiger partial charge < -0.3 is 28.4 Å². The normalized spacial score (nSPS) is 12.7. The van der Waals surface area contributed by atoms with Gasteiger partial charge in [0.2, 0.25) is 33.4 Å². The highest BCUT2D eigenvalue weighted by atomic mass is 32.1. The highest BCUT2D eigenvalue weighted by Gasteiger charge is 2.62. The molecule has 0 atom stereocenters. The molecular formula is C52H30N8O10S2. The summed E-state index contributed by atoms with van der Waals surface area (Å²) in [6.45, 7) is -1.44. The van der Waals surface area contributed by atoms with Gasteiger partial charge in [-0.1, -0.05) is 144 Å². The third kappa shape index (κ3) is 9.09. The first-order valence-corrected chi connectivity index (χ1v) is 22.9. The number of benzene rings is 5. The average molecular weight is 991 g/mol. The quantitative estimate of drug-likeness (QED) is 0.0429. The summed E-state index contributed by atoms with van der Waals surface area (Å²) in [4.78, 5) is 77.6. The molecule has 2 aromatic heterocycles. The first-order chi connectivity index (χ1) is 35.1. The summed E-state index contributed by atoms with van der Waals surface area (Å²) in [5, 5.41) is 38.1. The largest absolute Gasteiger partial charge is 0.457 e. The lowest BCUT2D eigenvalue weighted by Gasteiger charge is -2.38. The number of aliphatic imine (C=N–C) groups is 2. The molecule has 0 amide bonds. The smallest absolute Gasteiger partial charge is 0.367 e. The number of carbonyl (C=O) groups excluding carboxylic acids is 4. The molecule has 2 aliphatic heterocycles. The van der Waals surface area contributed by atoms with Crippen molar-refractivity contribution in [2.45, 2.75) is 37.6 Å². The van der Waals surface area contributed by atoms with E-state index in [1.807, 2.05) is 0 Å². The van der Waals surface area contributed by atoms with Gasteiger partial charge in [-0.15, -0.1) is 0 Å². The zero-order valence-electron chi connectivity index (χ0n) is 37.0. The van der Waals surface area contributed by atoms with Crippen LogP contribution in [0.25, 0.3) is 20.9 Å². The van der Waals surface area contributed by atoms with Crippen LogP contribution in [0.1, 0.15) is 33.4 Å². The second kappa shape index (κ2) is 20.4. The second-order valence-corrected chi connectivity index (χ2v) is 17.3. The Hall–Kier alpha value is -9.86. The molecule has 0 radical (unpaired) electrons. The summed E-state index contributed by atoms with van der Waals surface area (Å²) in [5.41, 5.74) is -5.49. The van der Waals surface area contributed by atoms with Crippen molar-refractivity contribution in [3.63, 3.8) is 0 Å². The van der Waals surface area contributed by atoms with Gasteiger partial charge >= 0.3 is 35.1 Å². The van der Waals surface area contributed by atoms with E-state index in [1.165, 1.54) is 12.1 Å². The van der Waals surface area contributed by atoms with Crippen LogP contribution in [0.4, 0.5) is 10.3 Å². The van der Waals surface area contributed by atoms with Gasteiger partial charge in [-0.3, -0.25) is 0 Å². The van der Waals surface area contributed by atoms with E-state index in [4.69, 9.17) is 28.4 Å². The van der Waals surface area contributed by atoms with Gasteiger partial charge in [-0.2, -0.15) is 41.0 Å². The van der Waals surface area contributed by atoms with Gasteiger partial charge in [0.05, 0.1) is 0 Å². The van der Waals surface area contributed by atoms with Crippen molar-refractivity contribution in [3.8, 4) is 56.9 Å². The van der Waals surface area contributed by atoms with Crippen LogP contribution in [-0.4, -0.2) is 45.3 Å². The van der Waals surface area contributed by atoms with Crippen LogP contribution in [0.2, 0.25) is 0 Å². The first kappa shape index (κ1) is 47.2. The van der Waals surface area contributed by atoms with Gasteiger partial charge in [0.15, 0.2) is 0 Å². The summed E-state index contributed by atoms with van der Waals surface area (Å²) < 4.78 is 36.6. The molecule has 0 saturated carbocycles. The Bertz CT molecular complexity index is 3140. The van der Waals surface area contributed by atoms with Gasteiger partial charge in [-0.25, -0.2) is 19.2 Å². The van der Waals surface area contributed by atoms with E-state index in [0.29, 0.717) is 22.3 Å². The van der Waals surface area contributed by atoms with E-state index in [9.17, 15) is 21.0 Å². The van der Waals surface area contributed by atoms with Crippen molar-refractivity contribution in [2.75, 3.05) is 0 Å². The summed E-state index contributed by atoms with van der Waals surface area (Å²) >= 11 is 1.55. The number of rotatable bonds is 14. The standard InChI is InChI=1S/C52H30N8O10S2/c53-23-35(24-54)57-49-59-43-41(71-49)37-22-40-38(21-39(37)51(69-43,45(61)65-27-31-13-5-1-6-14-31)46(62)66-28-32-15-7-2-8-16-32)42-44(60-50(72-42)58-36(25-55)26-56)70-52(40,47(63)67-29-33-17-9-3-10-18-33)48(64)68-30-34-19-11-4-12-20-34/h1-22H,27-30H2. The molecule has 0 aliphatic carbocycles. The van der Waals surface area contributed by atoms with Crippen LogP contribution >= 0.6 is 22.7 Å². The van der Waals surface area contributed by atoms with Gasteiger partial charge in [0.1, 0.15) is 60.5 Å². The number of hydrogen-bond acceptors (Lipinski definition) is 20. The summed E-state index contributed by atoms with van der Waals surface area (Å²) in [6, 6.07) is 43.6. The molecule has 9 rings (SSSR count). The predicted octanol–water partition coefficient (Wildman–Crippen LogP) is 8.32. The van der Waals surface area contributed by atoms with Crippen LogP contribution in [0.5, 0.6) is 11.8 Å². The van der Waals surface area contributed by atoms with E-state index < -0.39 is 58.3 Å². The summed E-state index contributed by atoms with van der Waals surface area (Å²) in [6.07, 6.45) is 0.